The average Bonchev–Trinajstić information content (AvgIpc) is 3.11. The molecule has 3 aromatic heterocycles. The van der Waals surface area contributed by atoms with Gasteiger partial charge < -0.3 is 0 Å². The van der Waals surface area contributed by atoms with E-state index in [1.54, 1.807) is 0 Å². The second-order valence-corrected chi connectivity index (χ2v) is 10.7. The van der Waals surface area contributed by atoms with Gasteiger partial charge in [-0.05, 0) is 29.0 Å². The lowest BCUT2D eigenvalue weighted by atomic mass is 10.0. The largest absolute Gasteiger partial charge is 0.256 e. The van der Waals surface area contributed by atoms with Gasteiger partial charge in [0.1, 0.15) is 0 Å². The number of aromatic nitrogens is 4. The Morgan fingerprint density at radius 1 is 0.341 bits per heavy atom. The first-order chi connectivity index (χ1) is 21.8. The van der Waals surface area contributed by atoms with Gasteiger partial charge in [-0.2, -0.15) is 0 Å². The third kappa shape index (κ3) is 4.79. The van der Waals surface area contributed by atoms with Crippen LogP contribution < -0.4 is 0 Å². The first-order valence-electron chi connectivity index (χ1n) is 14.6. The van der Waals surface area contributed by atoms with Gasteiger partial charge >= 0.3 is 0 Å². The normalized spacial score (nSPS) is 11.2. The minimum atomic E-state index is 0.679. The number of hydrogen-bond donors (Lipinski definition) is 0. The van der Waals surface area contributed by atoms with Gasteiger partial charge in [-0.25, -0.2) is 9.97 Å². The van der Waals surface area contributed by atoms with E-state index in [1.807, 2.05) is 42.7 Å². The minimum Gasteiger partial charge on any atom is -0.256 e. The summed E-state index contributed by atoms with van der Waals surface area (Å²) in [5.74, 6) is 0.679. The maximum atomic E-state index is 5.06. The Labute approximate surface area is 255 Å². The maximum Gasteiger partial charge on any atom is 0.160 e. The van der Waals surface area contributed by atoms with Gasteiger partial charge in [0.15, 0.2) is 5.82 Å². The summed E-state index contributed by atoms with van der Waals surface area (Å²) >= 11 is 0. The second-order valence-electron chi connectivity index (χ2n) is 10.7. The summed E-state index contributed by atoms with van der Waals surface area (Å²) in [5, 5.41) is 4.62. The van der Waals surface area contributed by atoms with Crippen molar-refractivity contribution in [3.05, 3.63) is 158 Å². The van der Waals surface area contributed by atoms with E-state index in [9.17, 15) is 0 Å². The smallest absolute Gasteiger partial charge is 0.160 e. The molecule has 4 nitrogen and oxygen atoms in total. The number of fused-ring (bicyclic) bond motifs is 2. The van der Waals surface area contributed by atoms with Crippen LogP contribution in [0.2, 0.25) is 0 Å². The summed E-state index contributed by atoms with van der Waals surface area (Å²) in [7, 11) is 0. The van der Waals surface area contributed by atoms with Crippen molar-refractivity contribution in [1.29, 1.82) is 0 Å². The molecule has 0 bridgehead atoms. The fourth-order valence-corrected chi connectivity index (χ4v) is 5.76. The van der Waals surface area contributed by atoms with Crippen LogP contribution in [0, 0.1) is 0 Å². The minimum absolute atomic E-state index is 0.679. The van der Waals surface area contributed by atoms with Crippen LogP contribution in [0.15, 0.2) is 158 Å². The highest BCUT2D eigenvalue weighted by Gasteiger charge is 2.13. The molecule has 8 rings (SSSR count). The lowest BCUT2D eigenvalue weighted by molar-refractivity contribution is 1.18. The summed E-state index contributed by atoms with van der Waals surface area (Å²) in [5.41, 5.74) is 8.83. The van der Waals surface area contributed by atoms with Gasteiger partial charge in [0.05, 0.1) is 22.8 Å². The van der Waals surface area contributed by atoms with E-state index in [4.69, 9.17) is 19.9 Å². The van der Waals surface area contributed by atoms with E-state index < -0.39 is 0 Å². The molecule has 0 amide bonds. The number of benzene rings is 5. The second kappa shape index (κ2) is 11.0. The molecule has 3 heterocycles. The van der Waals surface area contributed by atoms with Crippen LogP contribution in [-0.2, 0) is 0 Å². The molecule has 8 aromatic rings. The van der Waals surface area contributed by atoms with Crippen molar-refractivity contribution >= 4 is 21.5 Å². The van der Waals surface area contributed by atoms with Crippen molar-refractivity contribution in [3.63, 3.8) is 0 Å². The van der Waals surface area contributed by atoms with Crippen LogP contribution in [-0.4, -0.2) is 19.9 Å². The molecule has 44 heavy (non-hydrogen) atoms. The zero-order valence-corrected chi connectivity index (χ0v) is 23.8. The van der Waals surface area contributed by atoms with Crippen molar-refractivity contribution in [2.45, 2.75) is 0 Å². The highest BCUT2D eigenvalue weighted by molar-refractivity contribution is 5.95. The van der Waals surface area contributed by atoms with Crippen LogP contribution in [0.3, 0.4) is 0 Å². The topological polar surface area (TPSA) is 51.6 Å². The summed E-state index contributed by atoms with van der Waals surface area (Å²) in [6.45, 7) is 0. The molecule has 0 aliphatic rings. The highest BCUT2D eigenvalue weighted by Crippen LogP contribution is 2.32. The van der Waals surface area contributed by atoms with E-state index in [-0.39, 0.29) is 0 Å². The van der Waals surface area contributed by atoms with Crippen LogP contribution in [0.25, 0.3) is 78.0 Å². The number of rotatable bonds is 5. The van der Waals surface area contributed by atoms with Crippen LogP contribution >= 0.6 is 0 Å². The predicted molar refractivity (Wildman–Crippen MR) is 180 cm³/mol. The first-order valence-corrected chi connectivity index (χ1v) is 14.6. The van der Waals surface area contributed by atoms with Crippen molar-refractivity contribution < 1.29 is 0 Å². The molecule has 0 aliphatic carbocycles. The fraction of sp³-hybridized carbons (Fsp3) is 0. The number of hydrogen-bond acceptors (Lipinski definition) is 4. The molecule has 206 valence electrons. The Balaban J connectivity index is 1.19. The summed E-state index contributed by atoms with van der Waals surface area (Å²) in [4.78, 5) is 19.5. The van der Waals surface area contributed by atoms with E-state index in [0.717, 1.165) is 61.4 Å². The Kier molecular flexibility index (Phi) is 6.43. The molecule has 0 radical (unpaired) electrons. The SMILES string of the molecule is c1ccc(-c2cc(-c3ccc(-c4nccc5ccccc45)cc3)nc(-c3ccc(-c4nccc5ccccc45)cc3)n2)cc1. The van der Waals surface area contributed by atoms with Gasteiger partial charge in [0, 0.05) is 51.0 Å². The zero-order chi connectivity index (χ0) is 29.3. The standard InChI is InChI=1S/C40H26N4/c1-2-10-29(11-3-1)36-26-37(30-14-16-31(17-15-30)38-34-12-6-4-8-27(34)22-24-41-38)44-40(43-36)33-20-18-32(19-21-33)39-35-13-7-5-9-28(35)23-25-42-39/h1-26H. The van der Waals surface area contributed by atoms with E-state index in [2.05, 4.69) is 115 Å². The molecular weight excluding hydrogens is 536 g/mol. The summed E-state index contributed by atoms with van der Waals surface area (Å²) in [6.07, 6.45) is 3.74. The third-order valence-corrected chi connectivity index (χ3v) is 8.01. The molecule has 5 aromatic carbocycles. The van der Waals surface area contributed by atoms with E-state index in [1.165, 1.54) is 10.8 Å². The molecule has 0 atom stereocenters. The summed E-state index contributed by atoms with van der Waals surface area (Å²) < 4.78 is 0. The van der Waals surface area contributed by atoms with Crippen molar-refractivity contribution in [3.8, 4) is 56.4 Å². The quantitative estimate of drug-likeness (QED) is 0.209. The summed E-state index contributed by atoms with van der Waals surface area (Å²) in [6, 6.07) is 50.0. The third-order valence-electron chi connectivity index (χ3n) is 8.01. The molecular formula is C40H26N4. The van der Waals surface area contributed by atoms with Gasteiger partial charge in [-0.1, -0.05) is 127 Å². The van der Waals surface area contributed by atoms with E-state index in [0.29, 0.717) is 5.82 Å². The average molecular weight is 563 g/mol. The molecule has 0 aliphatic heterocycles. The lowest BCUT2D eigenvalue weighted by Crippen LogP contribution is -1.96. The van der Waals surface area contributed by atoms with Gasteiger partial charge in [-0.15, -0.1) is 0 Å². The molecule has 0 N–H and O–H groups in total. The van der Waals surface area contributed by atoms with E-state index >= 15 is 0 Å². The highest BCUT2D eigenvalue weighted by atomic mass is 14.9. The molecule has 0 saturated carbocycles. The number of nitrogens with zero attached hydrogens (tertiary/aromatic N) is 4. The molecule has 0 spiro atoms. The Hall–Kier alpha value is -6.00. The lowest BCUT2D eigenvalue weighted by Gasteiger charge is -2.11. The molecule has 0 saturated heterocycles. The molecule has 0 unspecified atom stereocenters. The van der Waals surface area contributed by atoms with Gasteiger partial charge in [0.2, 0.25) is 0 Å². The van der Waals surface area contributed by atoms with Crippen molar-refractivity contribution in [1.82, 2.24) is 19.9 Å². The molecule has 0 fully saturated rings. The van der Waals surface area contributed by atoms with Gasteiger partial charge in [-0.3, -0.25) is 9.97 Å². The van der Waals surface area contributed by atoms with Crippen LogP contribution in [0.1, 0.15) is 0 Å². The van der Waals surface area contributed by atoms with Crippen LogP contribution in [0.4, 0.5) is 0 Å². The van der Waals surface area contributed by atoms with Crippen molar-refractivity contribution in [2.75, 3.05) is 0 Å². The molecule has 4 heteroatoms. The number of pyridine rings is 2. The van der Waals surface area contributed by atoms with Crippen molar-refractivity contribution in [2.24, 2.45) is 0 Å². The van der Waals surface area contributed by atoms with Crippen LogP contribution in [0.5, 0.6) is 0 Å². The predicted octanol–water partition coefficient (Wildman–Crippen LogP) is 9.91. The zero-order valence-electron chi connectivity index (χ0n) is 23.8. The van der Waals surface area contributed by atoms with Gasteiger partial charge in [0.25, 0.3) is 0 Å². The fourth-order valence-electron chi connectivity index (χ4n) is 5.76. The Bertz CT molecular complexity index is 2110. The Morgan fingerprint density at radius 2 is 0.773 bits per heavy atom. The Morgan fingerprint density at radius 3 is 1.32 bits per heavy atom. The monoisotopic (exact) mass is 562 g/mol. The maximum absolute atomic E-state index is 5.06. The first kappa shape index (κ1) is 25.7.